The summed E-state index contributed by atoms with van der Waals surface area (Å²) >= 11 is 13.8. The van der Waals surface area contributed by atoms with Crippen LogP contribution in [0.25, 0.3) is 0 Å². The van der Waals surface area contributed by atoms with Crippen LogP contribution >= 0.6 is 35.0 Å². The van der Waals surface area contributed by atoms with E-state index < -0.39 is 0 Å². The first-order valence-corrected chi connectivity index (χ1v) is 9.54. The molecule has 0 fully saturated rings. The summed E-state index contributed by atoms with van der Waals surface area (Å²) in [6, 6.07) is 12.9. The van der Waals surface area contributed by atoms with Gasteiger partial charge in [0.25, 0.3) is 5.91 Å². The lowest BCUT2D eigenvalue weighted by atomic mass is 10.2. The monoisotopic (exact) mass is 383 g/mol. The minimum atomic E-state index is -0.136. The molecule has 0 aromatic heterocycles. The van der Waals surface area contributed by atoms with Crippen LogP contribution in [-0.2, 0) is 5.75 Å². The van der Waals surface area contributed by atoms with E-state index in [0.29, 0.717) is 29.5 Å². The number of nitrogens with one attached hydrogen (secondary N) is 1. The minimum Gasteiger partial charge on any atom is -0.492 e. The second-order valence-electron chi connectivity index (χ2n) is 5.02. The molecule has 1 N–H and O–H groups in total. The molecule has 0 aliphatic heterocycles. The van der Waals surface area contributed by atoms with Gasteiger partial charge in [0.1, 0.15) is 5.75 Å². The molecule has 2 aromatic carbocycles. The minimum absolute atomic E-state index is 0.136. The van der Waals surface area contributed by atoms with Crippen LogP contribution < -0.4 is 10.1 Å². The Morgan fingerprint density at radius 3 is 2.75 bits per heavy atom. The smallest absolute Gasteiger partial charge is 0.251 e. The highest BCUT2D eigenvalue weighted by Gasteiger charge is 2.09. The fourth-order valence-corrected chi connectivity index (χ4v) is 3.32. The van der Waals surface area contributed by atoms with E-state index in [1.807, 2.05) is 31.2 Å². The topological polar surface area (TPSA) is 38.3 Å². The van der Waals surface area contributed by atoms with Gasteiger partial charge in [0.2, 0.25) is 0 Å². The van der Waals surface area contributed by atoms with Gasteiger partial charge in [-0.05, 0) is 42.8 Å². The Morgan fingerprint density at radius 2 is 2.04 bits per heavy atom. The average molecular weight is 384 g/mol. The fourth-order valence-electron chi connectivity index (χ4n) is 2.07. The van der Waals surface area contributed by atoms with E-state index in [4.69, 9.17) is 27.9 Å². The predicted octanol–water partition coefficient (Wildman–Crippen LogP) is 5.06. The summed E-state index contributed by atoms with van der Waals surface area (Å²) in [6.45, 7) is 3.02. The molecular weight excluding hydrogens is 365 g/mol. The quantitative estimate of drug-likeness (QED) is 0.647. The van der Waals surface area contributed by atoms with Crippen LogP contribution in [0.4, 0.5) is 0 Å². The molecule has 0 radical (unpaired) electrons. The van der Waals surface area contributed by atoms with Crippen molar-refractivity contribution in [2.75, 3.05) is 18.9 Å². The van der Waals surface area contributed by atoms with Crippen molar-refractivity contribution in [2.45, 2.75) is 12.7 Å². The number of halogens is 2. The first kappa shape index (κ1) is 19.0. The number of benzene rings is 2. The van der Waals surface area contributed by atoms with Crippen LogP contribution in [0.3, 0.4) is 0 Å². The lowest BCUT2D eigenvalue weighted by Gasteiger charge is -2.09. The van der Waals surface area contributed by atoms with E-state index in [0.717, 1.165) is 16.5 Å². The van der Waals surface area contributed by atoms with Crippen molar-refractivity contribution in [3.05, 3.63) is 63.6 Å². The van der Waals surface area contributed by atoms with E-state index >= 15 is 0 Å². The van der Waals surface area contributed by atoms with Gasteiger partial charge >= 0.3 is 0 Å². The largest absolute Gasteiger partial charge is 0.492 e. The Bertz CT molecular complexity index is 694. The second-order valence-corrected chi connectivity index (χ2v) is 6.97. The summed E-state index contributed by atoms with van der Waals surface area (Å²) in [4.78, 5) is 12.1. The Balaban J connectivity index is 1.74. The number of carbonyl (C=O) groups is 1. The molecule has 0 aliphatic rings. The average Bonchev–Trinajstić information content (AvgIpc) is 2.56. The Morgan fingerprint density at radius 1 is 1.21 bits per heavy atom. The number of carbonyl (C=O) groups excluding carboxylic acids is 1. The van der Waals surface area contributed by atoms with Crippen molar-refractivity contribution < 1.29 is 9.53 Å². The van der Waals surface area contributed by atoms with Crippen molar-refractivity contribution in [1.29, 1.82) is 0 Å². The van der Waals surface area contributed by atoms with Gasteiger partial charge in [0, 0.05) is 28.6 Å². The van der Waals surface area contributed by atoms with Gasteiger partial charge < -0.3 is 10.1 Å². The third-order valence-corrected chi connectivity index (χ3v) is 4.74. The molecule has 3 nitrogen and oxygen atoms in total. The molecule has 6 heteroatoms. The summed E-state index contributed by atoms with van der Waals surface area (Å²) in [5, 5.41) is 4.08. The van der Waals surface area contributed by atoms with Gasteiger partial charge in [-0.25, -0.2) is 0 Å². The Hall–Kier alpha value is -1.36. The Kier molecular flexibility index (Phi) is 7.76. The number of thioether (sulfide) groups is 1. The molecule has 0 heterocycles. The molecule has 0 saturated heterocycles. The van der Waals surface area contributed by atoms with Crippen molar-refractivity contribution in [1.82, 2.24) is 5.32 Å². The van der Waals surface area contributed by atoms with Gasteiger partial charge in [-0.1, -0.05) is 35.3 Å². The zero-order valence-corrected chi connectivity index (χ0v) is 15.7. The first-order valence-electron chi connectivity index (χ1n) is 7.63. The number of hydrogen-bond acceptors (Lipinski definition) is 3. The number of rotatable bonds is 8. The molecule has 0 unspecified atom stereocenters. The van der Waals surface area contributed by atoms with Crippen molar-refractivity contribution in [3.63, 3.8) is 0 Å². The van der Waals surface area contributed by atoms with Crippen molar-refractivity contribution in [3.8, 4) is 5.75 Å². The summed E-state index contributed by atoms with van der Waals surface area (Å²) in [5.74, 6) is 2.14. The molecule has 0 aliphatic carbocycles. The molecular formula is C18H19Cl2NO2S. The highest BCUT2D eigenvalue weighted by molar-refractivity contribution is 7.98. The molecule has 2 aromatic rings. The van der Waals surface area contributed by atoms with Crippen LogP contribution in [0.1, 0.15) is 22.8 Å². The van der Waals surface area contributed by atoms with Gasteiger partial charge in [0.05, 0.1) is 11.6 Å². The van der Waals surface area contributed by atoms with Crippen LogP contribution in [0.15, 0.2) is 42.5 Å². The van der Waals surface area contributed by atoms with Crippen LogP contribution in [-0.4, -0.2) is 24.8 Å². The van der Waals surface area contributed by atoms with Crippen LogP contribution in [0.2, 0.25) is 10.0 Å². The number of hydrogen-bond donors (Lipinski definition) is 1. The van der Waals surface area contributed by atoms with Crippen molar-refractivity contribution in [2.24, 2.45) is 0 Å². The fraction of sp³-hybridized carbons (Fsp3) is 0.278. The maximum atomic E-state index is 12.1. The highest BCUT2D eigenvalue weighted by atomic mass is 35.5. The Labute approximate surface area is 156 Å². The molecule has 0 saturated carbocycles. The summed E-state index contributed by atoms with van der Waals surface area (Å²) in [7, 11) is 0. The number of ether oxygens (including phenoxy) is 1. The lowest BCUT2D eigenvalue weighted by Crippen LogP contribution is -2.25. The van der Waals surface area contributed by atoms with E-state index in [9.17, 15) is 4.79 Å². The predicted molar refractivity (Wildman–Crippen MR) is 103 cm³/mol. The van der Waals surface area contributed by atoms with Gasteiger partial charge in [0.15, 0.2) is 0 Å². The van der Waals surface area contributed by atoms with Crippen molar-refractivity contribution >= 4 is 40.9 Å². The SMILES string of the molecule is CCOc1ccc(C(=O)NCCSCc2cccc(Cl)c2)cc1Cl. The van der Waals surface area contributed by atoms with Gasteiger partial charge in [-0.15, -0.1) is 0 Å². The highest BCUT2D eigenvalue weighted by Crippen LogP contribution is 2.25. The first-order chi connectivity index (χ1) is 11.6. The van der Waals surface area contributed by atoms with E-state index in [2.05, 4.69) is 5.32 Å². The third kappa shape index (κ3) is 5.93. The molecule has 0 atom stereocenters. The summed E-state index contributed by atoms with van der Waals surface area (Å²) < 4.78 is 5.36. The number of amides is 1. The molecule has 2 rings (SSSR count). The molecule has 1 amide bonds. The van der Waals surface area contributed by atoms with E-state index in [-0.39, 0.29) is 5.91 Å². The van der Waals surface area contributed by atoms with Crippen LogP contribution in [0, 0.1) is 0 Å². The van der Waals surface area contributed by atoms with Gasteiger partial charge in [-0.2, -0.15) is 11.8 Å². The van der Waals surface area contributed by atoms with E-state index in [1.54, 1.807) is 30.0 Å². The molecule has 0 bridgehead atoms. The zero-order chi connectivity index (χ0) is 17.4. The lowest BCUT2D eigenvalue weighted by molar-refractivity contribution is 0.0956. The zero-order valence-electron chi connectivity index (χ0n) is 13.4. The normalized spacial score (nSPS) is 10.5. The van der Waals surface area contributed by atoms with Gasteiger partial charge in [-0.3, -0.25) is 4.79 Å². The summed E-state index contributed by atoms with van der Waals surface area (Å²) in [5.41, 5.74) is 1.71. The molecule has 24 heavy (non-hydrogen) atoms. The second kappa shape index (κ2) is 9.82. The standard InChI is InChI=1S/C18H19Cl2NO2S/c1-2-23-17-7-6-14(11-16(17)20)18(22)21-8-9-24-12-13-4-3-5-15(19)10-13/h3-7,10-11H,2,8-9,12H2,1H3,(H,21,22). The van der Waals surface area contributed by atoms with E-state index in [1.165, 1.54) is 5.56 Å². The third-order valence-electron chi connectivity index (χ3n) is 3.18. The maximum absolute atomic E-state index is 12.1. The molecule has 0 spiro atoms. The summed E-state index contributed by atoms with van der Waals surface area (Å²) in [6.07, 6.45) is 0. The maximum Gasteiger partial charge on any atom is 0.251 e. The molecule has 128 valence electrons. The van der Waals surface area contributed by atoms with Crippen LogP contribution in [0.5, 0.6) is 5.75 Å².